The number of aromatic nitrogens is 1. The van der Waals surface area contributed by atoms with E-state index in [1.807, 2.05) is 25.1 Å². The number of hydrogen-bond acceptors (Lipinski definition) is 4. The zero-order valence-electron chi connectivity index (χ0n) is 11.6. The lowest BCUT2D eigenvalue weighted by Crippen LogP contribution is -2.59. The highest BCUT2D eigenvalue weighted by Crippen LogP contribution is 2.37. The van der Waals surface area contributed by atoms with Gasteiger partial charge in [0.2, 0.25) is 0 Å². The summed E-state index contributed by atoms with van der Waals surface area (Å²) in [4.78, 5) is 4.42. The summed E-state index contributed by atoms with van der Waals surface area (Å²) in [6.07, 6.45) is 2.45. The molecule has 0 amide bonds. The number of nitrogens with two attached hydrogens (primary N) is 1. The van der Waals surface area contributed by atoms with Crippen LogP contribution >= 0.6 is 34.2 Å². The zero-order chi connectivity index (χ0) is 15.0. The fourth-order valence-electron chi connectivity index (χ4n) is 2.57. The fraction of sp³-hybridized carbons (Fsp3) is 0.400. The molecule has 1 aliphatic rings. The average Bonchev–Trinajstić information content (AvgIpc) is 2.48. The van der Waals surface area contributed by atoms with E-state index >= 15 is 0 Å². The largest absolute Gasteiger partial charge is 0.484 e. The Labute approximate surface area is 142 Å². The maximum atomic E-state index is 6.28. The van der Waals surface area contributed by atoms with Gasteiger partial charge in [0.05, 0.1) is 8.59 Å². The number of benzene rings is 1. The fourth-order valence-corrected chi connectivity index (χ4v) is 3.70. The van der Waals surface area contributed by atoms with Crippen LogP contribution in [0.4, 0.5) is 0 Å². The molecule has 0 bridgehead atoms. The molecule has 6 heteroatoms. The maximum Gasteiger partial charge on any atom is 0.159 e. The predicted octanol–water partition coefficient (Wildman–Crippen LogP) is 3.38. The zero-order valence-corrected chi connectivity index (χ0v) is 14.5. The molecule has 21 heavy (non-hydrogen) atoms. The molecular weight excluding hydrogens is 403 g/mol. The average molecular weight is 419 g/mol. The smallest absolute Gasteiger partial charge is 0.159 e. The van der Waals surface area contributed by atoms with Crippen molar-refractivity contribution >= 4 is 45.1 Å². The molecule has 0 radical (unpaired) electrons. The molecule has 1 fully saturated rings. The normalized spacial score (nSPS) is 24.9. The molecular formula is C15H16ClIN2O2. The lowest BCUT2D eigenvalue weighted by Gasteiger charge is -2.41. The van der Waals surface area contributed by atoms with Crippen molar-refractivity contribution in [2.24, 2.45) is 5.73 Å². The van der Waals surface area contributed by atoms with Crippen LogP contribution < -0.4 is 10.5 Å². The summed E-state index contributed by atoms with van der Waals surface area (Å²) >= 11 is 8.50. The van der Waals surface area contributed by atoms with Gasteiger partial charge in [0.15, 0.2) is 5.75 Å². The standard InChI is InChI=1S/C15H16ClIN2O2/c1-2-20-15-11(18)7-12(15)21-14-10(17)6-9(16)8-4-3-5-19-13(8)14/h3-6,11-12,15H,2,7,18H2,1H3. The van der Waals surface area contributed by atoms with Gasteiger partial charge in [0, 0.05) is 30.7 Å². The van der Waals surface area contributed by atoms with E-state index < -0.39 is 0 Å². The van der Waals surface area contributed by atoms with Crippen LogP contribution in [0.1, 0.15) is 13.3 Å². The van der Waals surface area contributed by atoms with Gasteiger partial charge in [-0.05, 0) is 47.7 Å². The van der Waals surface area contributed by atoms with E-state index in [0.717, 1.165) is 26.6 Å². The second-order valence-electron chi connectivity index (χ2n) is 5.04. The van der Waals surface area contributed by atoms with Gasteiger partial charge >= 0.3 is 0 Å². The van der Waals surface area contributed by atoms with E-state index in [0.29, 0.717) is 11.6 Å². The predicted molar refractivity (Wildman–Crippen MR) is 91.9 cm³/mol. The van der Waals surface area contributed by atoms with Crippen LogP contribution in [0.25, 0.3) is 10.9 Å². The Hall–Kier alpha value is -0.630. The van der Waals surface area contributed by atoms with Crippen molar-refractivity contribution in [1.82, 2.24) is 4.98 Å². The van der Waals surface area contributed by atoms with Crippen LogP contribution in [0.5, 0.6) is 5.75 Å². The Morgan fingerprint density at radius 2 is 2.33 bits per heavy atom. The summed E-state index contributed by atoms with van der Waals surface area (Å²) < 4.78 is 12.7. The van der Waals surface area contributed by atoms with E-state index in [1.54, 1.807) is 6.20 Å². The Morgan fingerprint density at radius 3 is 3.05 bits per heavy atom. The van der Waals surface area contributed by atoms with Crippen LogP contribution in [0.15, 0.2) is 24.4 Å². The van der Waals surface area contributed by atoms with Crippen molar-refractivity contribution in [3.8, 4) is 5.75 Å². The van der Waals surface area contributed by atoms with E-state index in [2.05, 4.69) is 27.6 Å². The van der Waals surface area contributed by atoms with Gasteiger partial charge in [-0.15, -0.1) is 0 Å². The first-order valence-electron chi connectivity index (χ1n) is 6.88. The highest BCUT2D eigenvalue weighted by atomic mass is 127. The van der Waals surface area contributed by atoms with Gasteiger partial charge in [0.25, 0.3) is 0 Å². The van der Waals surface area contributed by atoms with Gasteiger partial charge in [-0.2, -0.15) is 0 Å². The summed E-state index contributed by atoms with van der Waals surface area (Å²) in [5, 5.41) is 1.58. The van der Waals surface area contributed by atoms with E-state index in [1.165, 1.54) is 0 Å². The first-order chi connectivity index (χ1) is 10.1. The van der Waals surface area contributed by atoms with Crippen molar-refractivity contribution in [1.29, 1.82) is 0 Å². The molecule has 1 heterocycles. The molecule has 4 nitrogen and oxygen atoms in total. The summed E-state index contributed by atoms with van der Waals surface area (Å²) in [6, 6.07) is 5.75. The molecule has 3 rings (SSSR count). The van der Waals surface area contributed by atoms with E-state index in [-0.39, 0.29) is 18.2 Å². The van der Waals surface area contributed by atoms with Gasteiger partial charge < -0.3 is 15.2 Å². The van der Waals surface area contributed by atoms with E-state index in [9.17, 15) is 0 Å². The number of rotatable bonds is 4. The second-order valence-corrected chi connectivity index (χ2v) is 6.61. The first kappa shape index (κ1) is 15.3. The highest BCUT2D eigenvalue weighted by molar-refractivity contribution is 14.1. The third-order valence-electron chi connectivity index (χ3n) is 3.67. The number of ether oxygens (including phenoxy) is 2. The van der Waals surface area contributed by atoms with Gasteiger partial charge in [-0.3, -0.25) is 4.98 Å². The highest BCUT2D eigenvalue weighted by Gasteiger charge is 2.42. The Bertz CT molecular complexity index is 667. The molecule has 1 saturated carbocycles. The number of halogens is 2. The molecule has 1 aromatic heterocycles. The SMILES string of the molecule is CCOC1C(N)CC1Oc1c(I)cc(Cl)c2cccnc12. The second kappa shape index (κ2) is 6.24. The Balaban J connectivity index is 1.94. The topological polar surface area (TPSA) is 57.4 Å². The monoisotopic (exact) mass is 418 g/mol. The number of pyridine rings is 1. The van der Waals surface area contributed by atoms with Crippen molar-refractivity contribution in [3.63, 3.8) is 0 Å². The van der Waals surface area contributed by atoms with Crippen LogP contribution in [0, 0.1) is 3.57 Å². The van der Waals surface area contributed by atoms with Crippen molar-refractivity contribution in [3.05, 3.63) is 33.0 Å². The Kier molecular flexibility index (Phi) is 4.54. The van der Waals surface area contributed by atoms with Gasteiger partial charge in [-0.25, -0.2) is 0 Å². The van der Waals surface area contributed by atoms with Gasteiger partial charge in [-0.1, -0.05) is 11.6 Å². The minimum atomic E-state index is -0.0553. The third kappa shape index (κ3) is 2.84. The van der Waals surface area contributed by atoms with Crippen molar-refractivity contribution in [2.75, 3.05) is 6.61 Å². The maximum absolute atomic E-state index is 6.28. The molecule has 0 aliphatic heterocycles. The summed E-state index contributed by atoms with van der Waals surface area (Å²) in [5.41, 5.74) is 6.77. The third-order valence-corrected chi connectivity index (χ3v) is 4.79. The summed E-state index contributed by atoms with van der Waals surface area (Å²) in [7, 11) is 0. The van der Waals surface area contributed by atoms with Crippen molar-refractivity contribution in [2.45, 2.75) is 31.6 Å². The lowest BCUT2D eigenvalue weighted by molar-refractivity contribution is -0.0943. The van der Waals surface area contributed by atoms with Crippen molar-refractivity contribution < 1.29 is 9.47 Å². The van der Waals surface area contributed by atoms with Crippen LogP contribution in [0.2, 0.25) is 5.02 Å². The minimum Gasteiger partial charge on any atom is -0.484 e. The molecule has 3 atom stereocenters. The molecule has 1 aromatic carbocycles. The molecule has 2 aromatic rings. The molecule has 112 valence electrons. The van der Waals surface area contributed by atoms with Crippen LogP contribution in [-0.4, -0.2) is 29.8 Å². The van der Waals surface area contributed by atoms with Crippen LogP contribution in [-0.2, 0) is 4.74 Å². The van der Waals surface area contributed by atoms with Crippen LogP contribution in [0.3, 0.4) is 0 Å². The molecule has 2 N–H and O–H groups in total. The molecule has 0 saturated heterocycles. The van der Waals surface area contributed by atoms with E-state index in [4.69, 9.17) is 26.8 Å². The Morgan fingerprint density at radius 1 is 1.52 bits per heavy atom. The quantitative estimate of drug-likeness (QED) is 0.774. The van der Waals surface area contributed by atoms with Gasteiger partial charge in [0.1, 0.15) is 17.7 Å². The molecule has 0 spiro atoms. The molecule has 3 unspecified atom stereocenters. The number of nitrogens with zero attached hydrogens (tertiary/aromatic N) is 1. The summed E-state index contributed by atoms with van der Waals surface area (Å²) in [6.45, 7) is 2.60. The summed E-state index contributed by atoms with van der Waals surface area (Å²) in [5.74, 6) is 0.761. The first-order valence-corrected chi connectivity index (χ1v) is 8.34. The number of hydrogen-bond donors (Lipinski definition) is 1. The minimum absolute atomic E-state index is 0.0279. The lowest BCUT2D eigenvalue weighted by atomic mass is 9.86. The number of fused-ring (bicyclic) bond motifs is 1. The molecule has 1 aliphatic carbocycles.